The first-order chi connectivity index (χ1) is 27.8. The first-order valence-corrected chi connectivity index (χ1v) is 22.6. The maximum Gasteiger partial charge on any atom is 0.357 e. The van der Waals surface area contributed by atoms with Gasteiger partial charge in [-0.25, -0.2) is 0 Å². The van der Waals surface area contributed by atoms with Gasteiger partial charge >= 0.3 is 39.1 Å². The fraction of sp³-hybridized carbons (Fsp3) is 0.479. The Morgan fingerprint density at radius 1 is 0.672 bits per heavy atom. The second-order valence-electron chi connectivity index (χ2n) is 17.0. The molecule has 310 valence electrons. The van der Waals surface area contributed by atoms with Crippen LogP contribution in [0.2, 0.25) is 0 Å². The third-order valence-electron chi connectivity index (χ3n) is 11.4. The molecule has 0 N–H and O–H groups in total. The van der Waals surface area contributed by atoms with Crippen LogP contribution in [-0.2, 0) is 33.3 Å². The van der Waals surface area contributed by atoms with E-state index in [1.54, 1.807) is 20.8 Å². The summed E-state index contributed by atoms with van der Waals surface area (Å²) >= 11 is -0.285. The Bertz CT molecular complexity index is 2010. The molecule has 0 radical (unpaired) electrons. The van der Waals surface area contributed by atoms with Gasteiger partial charge in [0.1, 0.15) is 37.9 Å². The summed E-state index contributed by atoms with van der Waals surface area (Å²) in [5, 5.41) is 2.04. The highest BCUT2D eigenvalue weighted by Crippen LogP contribution is 2.46. The second-order valence-corrected chi connectivity index (χ2v) is 20.0. The van der Waals surface area contributed by atoms with E-state index in [1.807, 2.05) is 68.4 Å². The van der Waals surface area contributed by atoms with Gasteiger partial charge in [-0.2, -0.15) is 0 Å². The van der Waals surface area contributed by atoms with E-state index in [0.29, 0.717) is 18.3 Å². The van der Waals surface area contributed by atoms with Gasteiger partial charge in [-0.15, -0.1) is 0 Å². The zero-order chi connectivity index (χ0) is 41.3. The number of hydrogen-bond acceptors (Lipinski definition) is 9. The van der Waals surface area contributed by atoms with E-state index >= 15 is 0 Å². The quantitative estimate of drug-likeness (QED) is 0.0339. The van der Waals surface area contributed by atoms with Crippen LogP contribution in [-0.4, -0.2) is 63.2 Å². The molecular formula is C48H58IO9+. The summed E-state index contributed by atoms with van der Waals surface area (Å²) in [5.74, 6) is 0.316. The van der Waals surface area contributed by atoms with Crippen LogP contribution >= 0.6 is 0 Å². The van der Waals surface area contributed by atoms with Crippen molar-refractivity contribution in [3.05, 3.63) is 104 Å². The minimum atomic E-state index is -1.21. The molecule has 0 bridgehead atoms. The van der Waals surface area contributed by atoms with E-state index in [4.69, 9.17) is 28.4 Å². The predicted molar refractivity (Wildman–Crippen MR) is 218 cm³/mol. The number of aryl methyl sites for hydroxylation is 1. The van der Waals surface area contributed by atoms with Gasteiger partial charge < -0.3 is 28.4 Å². The molecule has 9 nitrogen and oxygen atoms in total. The SMILES string of the molecule is CCC(C)(CC(C)(CC(C)(C)C(=O)OCCOc1ccc([I+]c2ccc(C)cc2)cc1)C(=O)OCC1CCC2OC2C1)C(=O)OCCOc1cccc2ccccc12. The number of epoxide rings is 1. The molecule has 4 aromatic rings. The van der Waals surface area contributed by atoms with Gasteiger partial charge in [0.05, 0.1) is 35.1 Å². The Balaban J connectivity index is 1.04. The lowest BCUT2D eigenvalue weighted by atomic mass is 9.65. The van der Waals surface area contributed by atoms with Crippen molar-refractivity contribution in [2.45, 2.75) is 92.3 Å². The molecule has 1 aliphatic heterocycles. The van der Waals surface area contributed by atoms with Crippen LogP contribution in [0.1, 0.15) is 78.7 Å². The van der Waals surface area contributed by atoms with Crippen molar-refractivity contribution in [2.75, 3.05) is 33.0 Å². The highest BCUT2D eigenvalue weighted by atomic mass is 127. The van der Waals surface area contributed by atoms with E-state index < -0.39 is 34.2 Å². The van der Waals surface area contributed by atoms with Crippen molar-refractivity contribution in [3.63, 3.8) is 0 Å². The van der Waals surface area contributed by atoms with Gasteiger partial charge in [0.15, 0.2) is 7.14 Å². The Kier molecular flexibility index (Phi) is 14.4. The molecule has 2 fully saturated rings. The summed E-state index contributed by atoms with van der Waals surface area (Å²) in [5.41, 5.74) is -2.08. The van der Waals surface area contributed by atoms with Gasteiger partial charge in [0.25, 0.3) is 0 Å². The van der Waals surface area contributed by atoms with Crippen molar-refractivity contribution in [1.82, 2.24) is 0 Å². The highest BCUT2D eigenvalue weighted by Gasteiger charge is 2.50. The van der Waals surface area contributed by atoms with Gasteiger partial charge in [0, 0.05) is 5.39 Å². The Labute approximate surface area is 353 Å². The van der Waals surface area contributed by atoms with Gasteiger partial charge in [-0.05, 0) is 127 Å². The molecule has 5 atom stereocenters. The second kappa shape index (κ2) is 19.3. The number of halogens is 1. The van der Waals surface area contributed by atoms with Crippen LogP contribution < -0.4 is 30.7 Å². The van der Waals surface area contributed by atoms with Crippen LogP contribution in [0.4, 0.5) is 0 Å². The monoisotopic (exact) mass is 905 g/mol. The average molecular weight is 906 g/mol. The number of esters is 3. The van der Waals surface area contributed by atoms with Crippen LogP contribution in [0.5, 0.6) is 11.5 Å². The first-order valence-electron chi connectivity index (χ1n) is 20.5. The van der Waals surface area contributed by atoms with E-state index in [2.05, 4.69) is 43.3 Å². The van der Waals surface area contributed by atoms with E-state index in [9.17, 15) is 14.4 Å². The average Bonchev–Trinajstić information content (AvgIpc) is 4.00. The molecule has 0 aromatic heterocycles. The standard InChI is InChI=1S/C48H58IO9/c1-7-47(5,44(51)56-28-26-54-40-14-10-12-35-11-8-9-13-39(35)40)32-48(6,45(52)57-30-34-17-24-41-42(29-34)58-41)31-46(3,4)43(50)55-27-25-53-38-22-20-37(21-23-38)49-36-18-15-33(2)16-19-36/h8-16,18-23,34,41-42H,7,17,24-32H2,1-6H3/q+1. The van der Waals surface area contributed by atoms with Crippen molar-refractivity contribution in [2.24, 2.45) is 22.2 Å². The van der Waals surface area contributed by atoms with Gasteiger partial charge in [0.2, 0.25) is 0 Å². The zero-order valence-electron chi connectivity index (χ0n) is 34.7. The zero-order valence-corrected chi connectivity index (χ0v) is 36.9. The largest absolute Gasteiger partial charge is 0.490 e. The number of carbonyl (C=O) groups is 3. The number of fused-ring (bicyclic) bond motifs is 2. The first kappa shape index (κ1) is 43.4. The topological polar surface area (TPSA) is 110 Å². The van der Waals surface area contributed by atoms with Crippen LogP contribution in [0.3, 0.4) is 0 Å². The normalized spacial score (nSPS) is 19.5. The van der Waals surface area contributed by atoms with Crippen molar-refractivity contribution in [3.8, 4) is 11.5 Å². The summed E-state index contributed by atoms with van der Waals surface area (Å²) in [6, 6.07) is 30.5. The van der Waals surface area contributed by atoms with Crippen molar-refractivity contribution in [1.29, 1.82) is 0 Å². The molecule has 10 heteroatoms. The molecule has 0 spiro atoms. The molecule has 1 aliphatic carbocycles. The van der Waals surface area contributed by atoms with Gasteiger partial charge in [-0.3, -0.25) is 14.4 Å². The number of rotatable bonds is 20. The summed E-state index contributed by atoms with van der Waals surface area (Å²) in [6.07, 6.45) is 4.02. The maximum atomic E-state index is 14.2. The molecule has 4 aromatic carbocycles. The molecule has 1 heterocycles. The fourth-order valence-corrected chi connectivity index (χ4v) is 10.2. The number of benzene rings is 4. The predicted octanol–water partition coefficient (Wildman–Crippen LogP) is 6.16. The minimum absolute atomic E-state index is 0.0452. The van der Waals surface area contributed by atoms with Crippen molar-refractivity contribution >= 4 is 28.7 Å². The Morgan fingerprint density at radius 2 is 1.31 bits per heavy atom. The molecule has 5 unspecified atom stereocenters. The highest BCUT2D eigenvalue weighted by molar-refractivity contribution is 5.88. The molecule has 0 amide bonds. The summed E-state index contributed by atoms with van der Waals surface area (Å²) in [7, 11) is 0. The third kappa shape index (κ3) is 11.5. The van der Waals surface area contributed by atoms with Crippen molar-refractivity contribution < 1.29 is 64.0 Å². The Morgan fingerprint density at radius 3 is 2.02 bits per heavy atom. The maximum absolute atomic E-state index is 14.2. The molecular weight excluding hydrogens is 847 g/mol. The molecule has 58 heavy (non-hydrogen) atoms. The minimum Gasteiger partial charge on any atom is -0.490 e. The van der Waals surface area contributed by atoms with Crippen LogP contribution in [0.25, 0.3) is 10.8 Å². The summed E-state index contributed by atoms with van der Waals surface area (Å²) in [6.45, 7) is 11.9. The lowest BCUT2D eigenvalue weighted by Gasteiger charge is -2.39. The van der Waals surface area contributed by atoms with Gasteiger partial charge in [-0.1, -0.05) is 61.0 Å². The lowest BCUT2D eigenvalue weighted by molar-refractivity contribution is -0.597. The lowest BCUT2D eigenvalue weighted by Crippen LogP contribution is -3.61. The molecule has 1 saturated heterocycles. The van der Waals surface area contributed by atoms with Crippen LogP contribution in [0.15, 0.2) is 91.0 Å². The Hall–Kier alpha value is -4.16. The third-order valence-corrected chi connectivity index (χ3v) is 14.1. The number of ether oxygens (including phenoxy) is 6. The summed E-state index contributed by atoms with van der Waals surface area (Å²) in [4.78, 5) is 41.7. The number of carbonyl (C=O) groups excluding carboxylic acids is 3. The van der Waals surface area contributed by atoms with E-state index in [-0.39, 0.29) is 79.1 Å². The van der Waals surface area contributed by atoms with E-state index in [1.165, 1.54) is 12.7 Å². The molecule has 2 aliphatic rings. The molecule has 6 rings (SSSR count). The molecule has 1 saturated carbocycles. The smallest absolute Gasteiger partial charge is 0.357 e. The van der Waals surface area contributed by atoms with E-state index in [0.717, 1.165) is 35.8 Å². The fourth-order valence-electron chi connectivity index (χ4n) is 8.05. The summed E-state index contributed by atoms with van der Waals surface area (Å²) < 4.78 is 37.9. The number of hydrogen-bond donors (Lipinski definition) is 0. The van der Waals surface area contributed by atoms with Crippen LogP contribution in [0, 0.1) is 36.2 Å².